The van der Waals surface area contributed by atoms with E-state index >= 15 is 0 Å². The molecule has 0 fully saturated rings. The summed E-state index contributed by atoms with van der Waals surface area (Å²) < 4.78 is 4.43. The highest BCUT2D eigenvalue weighted by atomic mass is 35.5. The molecule has 6 heteroatoms. The van der Waals surface area contributed by atoms with Gasteiger partial charge in [0.1, 0.15) is 5.69 Å². The Bertz CT molecular complexity index is 395. The van der Waals surface area contributed by atoms with Gasteiger partial charge in [-0.15, -0.1) is 0 Å². The number of nitrogens with one attached hydrogen (secondary N) is 1. The summed E-state index contributed by atoms with van der Waals surface area (Å²) in [6.07, 6.45) is 1.57. The number of halogens is 1. The van der Waals surface area contributed by atoms with Crippen LogP contribution >= 0.6 is 11.6 Å². The first-order valence-corrected chi connectivity index (χ1v) is 4.98. The summed E-state index contributed by atoms with van der Waals surface area (Å²) in [6.45, 7) is 0.208. The van der Waals surface area contributed by atoms with Gasteiger partial charge < -0.3 is 10.1 Å². The Labute approximate surface area is 97.8 Å². The van der Waals surface area contributed by atoms with Crippen LogP contribution in [0.25, 0.3) is 0 Å². The van der Waals surface area contributed by atoms with Crippen LogP contribution in [-0.2, 0) is 9.53 Å². The summed E-state index contributed by atoms with van der Waals surface area (Å²) in [5.74, 6) is -0.745. The Morgan fingerprint density at radius 3 is 2.94 bits per heavy atom. The molecule has 0 aliphatic rings. The van der Waals surface area contributed by atoms with E-state index in [0.29, 0.717) is 5.02 Å². The number of amides is 1. The quantitative estimate of drug-likeness (QED) is 0.801. The summed E-state index contributed by atoms with van der Waals surface area (Å²) in [7, 11) is 1.29. The van der Waals surface area contributed by atoms with Crippen LogP contribution in [0.15, 0.2) is 18.3 Å². The third kappa shape index (κ3) is 3.86. The first kappa shape index (κ1) is 12.4. The highest BCUT2D eigenvalue weighted by Crippen LogP contribution is 2.07. The summed E-state index contributed by atoms with van der Waals surface area (Å²) in [5.41, 5.74) is 0.220. The molecule has 1 rings (SSSR count). The Balaban J connectivity index is 2.44. The molecule has 0 atom stereocenters. The van der Waals surface area contributed by atoms with Crippen LogP contribution in [0.5, 0.6) is 0 Å². The molecule has 0 radical (unpaired) electrons. The molecule has 0 spiro atoms. The van der Waals surface area contributed by atoms with E-state index in [-0.39, 0.29) is 30.5 Å². The Morgan fingerprint density at radius 2 is 2.31 bits per heavy atom. The SMILES string of the molecule is COC(=O)CCNC(=O)c1cc(Cl)ccn1. The maximum absolute atomic E-state index is 11.5. The van der Waals surface area contributed by atoms with Crippen molar-refractivity contribution in [1.82, 2.24) is 10.3 Å². The van der Waals surface area contributed by atoms with Gasteiger partial charge in [0.05, 0.1) is 13.5 Å². The molecule has 0 saturated carbocycles. The zero-order valence-electron chi connectivity index (χ0n) is 8.70. The number of carbonyl (C=O) groups is 2. The van der Waals surface area contributed by atoms with Crippen molar-refractivity contribution in [2.24, 2.45) is 0 Å². The second-order valence-electron chi connectivity index (χ2n) is 2.94. The number of methoxy groups -OCH3 is 1. The van der Waals surface area contributed by atoms with Crippen LogP contribution in [0.4, 0.5) is 0 Å². The lowest BCUT2D eigenvalue weighted by Gasteiger charge is -2.03. The van der Waals surface area contributed by atoms with Gasteiger partial charge >= 0.3 is 5.97 Å². The standard InChI is InChI=1S/C10H11ClN2O3/c1-16-9(14)3-5-13-10(15)8-6-7(11)2-4-12-8/h2,4,6H,3,5H2,1H3,(H,13,15). The molecular formula is C10H11ClN2O3. The van der Waals surface area contributed by atoms with E-state index in [0.717, 1.165) is 0 Å². The number of nitrogens with zero attached hydrogens (tertiary/aromatic N) is 1. The number of carbonyl (C=O) groups excluding carboxylic acids is 2. The number of ether oxygens (including phenoxy) is 1. The minimum Gasteiger partial charge on any atom is -0.469 e. The van der Waals surface area contributed by atoms with Gasteiger partial charge in [-0.25, -0.2) is 0 Å². The first-order valence-electron chi connectivity index (χ1n) is 4.60. The van der Waals surface area contributed by atoms with Crippen molar-refractivity contribution >= 4 is 23.5 Å². The van der Waals surface area contributed by atoms with Crippen molar-refractivity contribution in [3.05, 3.63) is 29.0 Å². The van der Waals surface area contributed by atoms with E-state index < -0.39 is 0 Å². The van der Waals surface area contributed by atoms with E-state index in [2.05, 4.69) is 15.0 Å². The average Bonchev–Trinajstić information content (AvgIpc) is 2.28. The molecule has 86 valence electrons. The molecule has 0 aromatic carbocycles. The van der Waals surface area contributed by atoms with Gasteiger partial charge in [0.25, 0.3) is 5.91 Å². The summed E-state index contributed by atoms with van der Waals surface area (Å²) in [6, 6.07) is 3.03. The van der Waals surface area contributed by atoms with Crippen LogP contribution in [-0.4, -0.2) is 30.5 Å². The van der Waals surface area contributed by atoms with Gasteiger partial charge in [-0.3, -0.25) is 14.6 Å². The van der Waals surface area contributed by atoms with Crippen molar-refractivity contribution in [1.29, 1.82) is 0 Å². The van der Waals surface area contributed by atoms with E-state index in [1.165, 1.54) is 19.4 Å². The fourth-order valence-corrected chi connectivity index (χ4v) is 1.16. The Morgan fingerprint density at radius 1 is 1.56 bits per heavy atom. The number of aromatic nitrogens is 1. The molecule has 1 heterocycles. The normalized spacial score (nSPS) is 9.62. The van der Waals surface area contributed by atoms with Crippen molar-refractivity contribution in [2.75, 3.05) is 13.7 Å². The third-order valence-electron chi connectivity index (χ3n) is 1.80. The van der Waals surface area contributed by atoms with Gasteiger partial charge in [-0.2, -0.15) is 0 Å². The molecule has 1 aromatic heterocycles. The average molecular weight is 243 g/mol. The molecular weight excluding hydrogens is 232 g/mol. The lowest BCUT2D eigenvalue weighted by molar-refractivity contribution is -0.140. The predicted molar refractivity (Wildman–Crippen MR) is 58.2 cm³/mol. The summed E-state index contributed by atoms with van der Waals surface area (Å²) in [5, 5.41) is 2.97. The molecule has 0 bridgehead atoms. The van der Waals surface area contributed by atoms with E-state index in [4.69, 9.17) is 11.6 Å². The number of hydrogen-bond donors (Lipinski definition) is 1. The van der Waals surface area contributed by atoms with Crippen LogP contribution in [0, 0.1) is 0 Å². The van der Waals surface area contributed by atoms with Crippen molar-refractivity contribution < 1.29 is 14.3 Å². The molecule has 0 saturated heterocycles. The monoisotopic (exact) mass is 242 g/mol. The van der Waals surface area contributed by atoms with Crippen LogP contribution < -0.4 is 5.32 Å². The zero-order valence-corrected chi connectivity index (χ0v) is 9.45. The van der Waals surface area contributed by atoms with Crippen molar-refractivity contribution in [3.8, 4) is 0 Å². The van der Waals surface area contributed by atoms with Gasteiger partial charge in [-0.05, 0) is 12.1 Å². The second kappa shape index (κ2) is 6.07. The summed E-state index contributed by atoms with van der Waals surface area (Å²) in [4.78, 5) is 26.1. The number of pyridine rings is 1. The maximum atomic E-state index is 11.5. The lowest BCUT2D eigenvalue weighted by Crippen LogP contribution is -2.27. The van der Waals surface area contributed by atoms with Gasteiger partial charge in [0, 0.05) is 17.8 Å². The smallest absolute Gasteiger partial charge is 0.307 e. The predicted octanol–water partition coefficient (Wildman–Crippen LogP) is 1.03. The molecule has 0 unspecified atom stereocenters. The van der Waals surface area contributed by atoms with E-state index in [1.54, 1.807) is 6.07 Å². The molecule has 1 N–H and O–H groups in total. The van der Waals surface area contributed by atoms with Crippen LogP contribution in [0.1, 0.15) is 16.9 Å². The Kier molecular flexibility index (Phi) is 4.72. The van der Waals surface area contributed by atoms with E-state index in [1.807, 2.05) is 0 Å². The van der Waals surface area contributed by atoms with Crippen LogP contribution in [0.2, 0.25) is 5.02 Å². The molecule has 1 aromatic rings. The number of rotatable bonds is 4. The van der Waals surface area contributed by atoms with E-state index in [9.17, 15) is 9.59 Å². The maximum Gasteiger partial charge on any atom is 0.307 e. The van der Waals surface area contributed by atoms with Gasteiger partial charge in [0.15, 0.2) is 0 Å². The zero-order chi connectivity index (χ0) is 12.0. The minimum absolute atomic E-state index is 0.128. The Hall–Kier alpha value is -1.62. The molecule has 1 amide bonds. The van der Waals surface area contributed by atoms with Crippen molar-refractivity contribution in [3.63, 3.8) is 0 Å². The highest BCUT2D eigenvalue weighted by Gasteiger charge is 2.08. The topological polar surface area (TPSA) is 68.3 Å². The third-order valence-corrected chi connectivity index (χ3v) is 2.03. The fourth-order valence-electron chi connectivity index (χ4n) is 1.000. The van der Waals surface area contributed by atoms with Gasteiger partial charge in [0.2, 0.25) is 0 Å². The summed E-state index contributed by atoms with van der Waals surface area (Å²) >= 11 is 5.70. The highest BCUT2D eigenvalue weighted by molar-refractivity contribution is 6.30. The molecule has 0 aliphatic heterocycles. The fraction of sp³-hybridized carbons (Fsp3) is 0.300. The molecule has 16 heavy (non-hydrogen) atoms. The van der Waals surface area contributed by atoms with Crippen molar-refractivity contribution in [2.45, 2.75) is 6.42 Å². The molecule has 5 nitrogen and oxygen atoms in total. The van der Waals surface area contributed by atoms with Crippen LogP contribution in [0.3, 0.4) is 0 Å². The minimum atomic E-state index is -0.376. The first-order chi connectivity index (χ1) is 7.63. The lowest BCUT2D eigenvalue weighted by atomic mass is 10.3. The largest absolute Gasteiger partial charge is 0.469 e. The molecule has 0 aliphatic carbocycles. The second-order valence-corrected chi connectivity index (χ2v) is 3.38. The number of esters is 1. The van der Waals surface area contributed by atoms with Gasteiger partial charge in [-0.1, -0.05) is 11.6 Å². The number of hydrogen-bond acceptors (Lipinski definition) is 4.